The summed E-state index contributed by atoms with van der Waals surface area (Å²) in [6.45, 7) is 4.33. The second kappa shape index (κ2) is 15.5. The summed E-state index contributed by atoms with van der Waals surface area (Å²) in [6.07, 6.45) is 21.9. The fourth-order valence-corrected chi connectivity index (χ4v) is 3.60. The minimum Gasteiger partial charge on any atom is -0.310 e. The lowest BCUT2D eigenvalue weighted by Gasteiger charge is -2.26. The molecule has 0 radical (unpaired) electrons. The third-order valence-corrected chi connectivity index (χ3v) is 5.41. The fraction of sp³-hybridized carbons (Fsp3) is 0.0857. The van der Waals surface area contributed by atoms with Crippen molar-refractivity contribution in [3.63, 3.8) is 0 Å². The van der Waals surface area contributed by atoms with Gasteiger partial charge in [0.25, 0.3) is 0 Å². The van der Waals surface area contributed by atoms with Gasteiger partial charge in [-0.15, -0.1) is 0 Å². The van der Waals surface area contributed by atoms with Gasteiger partial charge in [-0.2, -0.15) is 0 Å². The molecule has 1 aliphatic carbocycles. The van der Waals surface area contributed by atoms with Crippen LogP contribution in [0.5, 0.6) is 0 Å². The largest absolute Gasteiger partial charge is 0.310 e. The van der Waals surface area contributed by atoms with Gasteiger partial charge in [-0.25, -0.2) is 0 Å². The molecule has 0 unspecified atom stereocenters. The predicted octanol–water partition coefficient (Wildman–Crippen LogP) is 9.70. The molecule has 0 fully saturated rings. The van der Waals surface area contributed by atoms with Gasteiger partial charge < -0.3 is 4.90 Å². The maximum atomic E-state index is 2.31. The van der Waals surface area contributed by atoms with Crippen molar-refractivity contribution in [3.05, 3.63) is 181 Å². The van der Waals surface area contributed by atoms with Crippen LogP contribution >= 0.6 is 0 Å². The van der Waals surface area contributed by atoms with E-state index in [0.717, 1.165) is 29.1 Å². The van der Waals surface area contributed by atoms with Crippen molar-refractivity contribution in [2.75, 3.05) is 4.90 Å². The third kappa shape index (κ3) is 9.12. The zero-order chi connectivity index (χ0) is 25.3. The van der Waals surface area contributed by atoms with Crippen LogP contribution in [0.3, 0.4) is 0 Å². The van der Waals surface area contributed by atoms with Crippen molar-refractivity contribution >= 4 is 11.4 Å². The molecule has 1 aliphatic rings. The summed E-state index contributed by atoms with van der Waals surface area (Å²) in [7, 11) is 0. The van der Waals surface area contributed by atoms with Crippen molar-refractivity contribution in [2.24, 2.45) is 0 Å². The van der Waals surface area contributed by atoms with Crippen molar-refractivity contribution in [3.8, 4) is 0 Å². The second-order valence-corrected chi connectivity index (χ2v) is 8.23. The molecule has 0 heterocycles. The summed E-state index contributed by atoms with van der Waals surface area (Å²) >= 11 is 0. The Kier molecular flexibility index (Phi) is 11.3. The van der Waals surface area contributed by atoms with Crippen molar-refractivity contribution in [1.82, 2.24) is 0 Å². The molecule has 0 aliphatic heterocycles. The normalized spacial score (nSPS) is 12.7. The van der Waals surface area contributed by atoms with Crippen LogP contribution in [0.4, 0.5) is 11.4 Å². The molecule has 0 bridgehead atoms. The summed E-state index contributed by atoms with van der Waals surface area (Å²) in [4.78, 5) is 2.31. The molecule has 1 heteroatoms. The van der Waals surface area contributed by atoms with E-state index >= 15 is 0 Å². The minimum absolute atomic E-state index is 0.940. The number of allylic oxidation sites excluding steroid dienone is 11. The Morgan fingerprint density at radius 1 is 0.556 bits per heavy atom. The molecule has 0 aromatic heterocycles. The van der Waals surface area contributed by atoms with E-state index in [1.54, 1.807) is 0 Å². The second-order valence-electron chi connectivity index (χ2n) is 8.23. The molecule has 0 amide bonds. The Morgan fingerprint density at radius 2 is 1.06 bits per heavy atom. The molecule has 0 saturated heterocycles. The van der Waals surface area contributed by atoms with Crippen LogP contribution < -0.4 is 4.90 Å². The van der Waals surface area contributed by atoms with Gasteiger partial charge in [0.15, 0.2) is 0 Å². The lowest BCUT2D eigenvalue weighted by atomic mass is 10.1. The molecule has 2 aromatic rings. The van der Waals surface area contributed by atoms with Crippen LogP contribution in [0.1, 0.15) is 19.4 Å². The summed E-state index contributed by atoms with van der Waals surface area (Å²) in [6, 6.07) is 35.7. The van der Waals surface area contributed by atoms with Crippen molar-refractivity contribution < 1.29 is 0 Å². The highest BCUT2D eigenvalue weighted by Gasteiger charge is 2.12. The van der Waals surface area contributed by atoms with E-state index in [1.165, 1.54) is 5.56 Å². The first-order valence-corrected chi connectivity index (χ1v) is 12.5. The van der Waals surface area contributed by atoms with E-state index in [9.17, 15) is 0 Å². The lowest BCUT2D eigenvalue weighted by molar-refractivity contribution is 1.13. The SMILES string of the molecule is CCc1cccccccc(N(C2=CC(C)=CC=CC=CC=CC=C2)c2ccccccccc2)c1. The third-order valence-electron chi connectivity index (χ3n) is 5.41. The number of aryl methyl sites for hydroxylation is 1. The average molecular weight is 470 g/mol. The molecule has 3 rings (SSSR count). The smallest absolute Gasteiger partial charge is 0.0464 e. The number of rotatable bonds is 4. The van der Waals surface area contributed by atoms with Gasteiger partial charge in [-0.1, -0.05) is 134 Å². The van der Waals surface area contributed by atoms with Gasteiger partial charge in [0.2, 0.25) is 0 Å². The van der Waals surface area contributed by atoms with Gasteiger partial charge in [-0.3, -0.25) is 0 Å². The summed E-state index contributed by atoms with van der Waals surface area (Å²) < 4.78 is 0. The molecule has 180 valence electrons. The van der Waals surface area contributed by atoms with E-state index in [-0.39, 0.29) is 0 Å². The van der Waals surface area contributed by atoms with Crippen LogP contribution in [0.25, 0.3) is 0 Å². The van der Waals surface area contributed by atoms with Gasteiger partial charge in [0, 0.05) is 17.1 Å². The quantitative estimate of drug-likeness (QED) is 0.431. The van der Waals surface area contributed by atoms with E-state index in [1.807, 2.05) is 42.5 Å². The van der Waals surface area contributed by atoms with Gasteiger partial charge in [0.1, 0.15) is 0 Å². The summed E-state index contributed by atoms with van der Waals surface area (Å²) in [5, 5.41) is 0. The molecule has 0 saturated carbocycles. The predicted molar refractivity (Wildman–Crippen MR) is 158 cm³/mol. The van der Waals surface area contributed by atoms with Gasteiger partial charge in [-0.05, 0) is 60.9 Å². The summed E-state index contributed by atoms with van der Waals surface area (Å²) in [5.41, 5.74) is 5.63. The molecule has 36 heavy (non-hydrogen) atoms. The molecular formula is C35H35N. The highest BCUT2D eigenvalue weighted by Crippen LogP contribution is 2.30. The van der Waals surface area contributed by atoms with Crippen LogP contribution in [0.15, 0.2) is 175 Å². The Morgan fingerprint density at radius 3 is 1.67 bits per heavy atom. The lowest BCUT2D eigenvalue weighted by Crippen LogP contribution is -2.15. The Labute approximate surface area is 217 Å². The highest BCUT2D eigenvalue weighted by atomic mass is 15.1. The van der Waals surface area contributed by atoms with Crippen LogP contribution in [-0.4, -0.2) is 0 Å². The zero-order valence-electron chi connectivity index (χ0n) is 21.2. The van der Waals surface area contributed by atoms with E-state index in [4.69, 9.17) is 0 Å². The number of anilines is 2. The topological polar surface area (TPSA) is 3.24 Å². The van der Waals surface area contributed by atoms with Gasteiger partial charge in [0.05, 0.1) is 0 Å². The number of nitrogens with zero attached hydrogens (tertiary/aromatic N) is 1. The van der Waals surface area contributed by atoms with Crippen molar-refractivity contribution in [2.45, 2.75) is 20.3 Å². The molecule has 2 aromatic carbocycles. The molecule has 0 N–H and O–H groups in total. The first-order valence-electron chi connectivity index (χ1n) is 12.5. The molecular weight excluding hydrogens is 434 g/mol. The van der Waals surface area contributed by atoms with Crippen LogP contribution in [0, 0.1) is 0 Å². The number of hydrogen-bond acceptors (Lipinski definition) is 1. The molecule has 0 atom stereocenters. The maximum absolute atomic E-state index is 2.31. The Balaban J connectivity index is 2.36. The van der Waals surface area contributed by atoms with Crippen LogP contribution in [-0.2, 0) is 6.42 Å². The van der Waals surface area contributed by atoms with Crippen LogP contribution in [0.2, 0.25) is 0 Å². The van der Waals surface area contributed by atoms with E-state index in [0.29, 0.717) is 0 Å². The van der Waals surface area contributed by atoms with E-state index < -0.39 is 0 Å². The zero-order valence-corrected chi connectivity index (χ0v) is 21.2. The van der Waals surface area contributed by atoms with Crippen molar-refractivity contribution in [1.29, 1.82) is 0 Å². The number of hydrogen-bond donors (Lipinski definition) is 0. The minimum atomic E-state index is 0.940. The monoisotopic (exact) mass is 469 g/mol. The fourth-order valence-electron chi connectivity index (χ4n) is 3.60. The Hall–Kier alpha value is -4.36. The van der Waals surface area contributed by atoms with E-state index in [2.05, 4.69) is 140 Å². The maximum Gasteiger partial charge on any atom is 0.0464 e. The molecule has 0 spiro atoms. The highest BCUT2D eigenvalue weighted by molar-refractivity contribution is 5.70. The molecule has 1 nitrogen and oxygen atoms in total. The Bertz CT molecular complexity index is 1260. The first kappa shape index (κ1) is 26.2. The standard InChI is InChI=1S/C35H35N/c1-3-32-24-18-12-10-16-22-28-35(30-32)36(33-25-19-13-7-5-8-14-20-26-33)34-27-21-15-9-4-6-11-17-23-31(2)29-34/h4-30H,3H2,1-2H3. The average Bonchev–Trinajstić information content (AvgIpc) is 2.88. The summed E-state index contributed by atoms with van der Waals surface area (Å²) in [5.74, 6) is 0. The van der Waals surface area contributed by atoms with Gasteiger partial charge >= 0.3 is 0 Å². The first-order chi connectivity index (χ1) is 17.8.